The van der Waals surface area contributed by atoms with Gasteiger partial charge in [0.15, 0.2) is 0 Å². The SMILES string of the molecule is Cc1ccc(Nc2ccc(C(=O)N3CCCC(C)C3)nc2)cc1Br. The Hall–Kier alpha value is -1.88. The van der Waals surface area contributed by atoms with Crippen LogP contribution in [0.3, 0.4) is 0 Å². The van der Waals surface area contributed by atoms with E-state index in [-0.39, 0.29) is 5.91 Å². The van der Waals surface area contributed by atoms with E-state index in [0.29, 0.717) is 11.6 Å². The maximum Gasteiger partial charge on any atom is 0.272 e. The molecule has 0 spiro atoms. The summed E-state index contributed by atoms with van der Waals surface area (Å²) in [5.74, 6) is 0.606. The second-order valence-corrected chi connectivity index (χ2v) is 7.37. The molecule has 1 aliphatic rings. The largest absolute Gasteiger partial charge is 0.354 e. The number of nitrogens with one attached hydrogen (secondary N) is 1. The number of amides is 1. The van der Waals surface area contributed by atoms with Gasteiger partial charge in [0.25, 0.3) is 5.91 Å². The van der Waals surface area contributed by atoms with Gasteiger partial charge in [0, 0.05) is 23.2 Å². The summed E-state index contributed by atoms with van der Waals surface area (Å²) in [6, 6.07) is 9.81. The highest BCUT2D eigenvalue weighted by Gasteiger charge is 2.22. The number of carbonyl (C=O) groups excluding carboxylic acids is 1. The minimum absolute atomic E-state index is 0.0335. The molecule has 0 saturated carbocycles. The van der Waals surface area contributed by atoms with Gasteiger partial charge in [0.2, 0.25) is 0 Å². The standard InChI is InChI=1S/C19H22BrN3O/c1-13-4-3-9-23(12-13)19(24)18-8-7-16(11-21-18)22-15-6-5-14(2)17(20)10-15/h5-8,10-11,13,22H,3-4,9,12H2,1-2H3. The van der Waals surface area contributed by atoms with E-state index in [2.05, 4.69) is 46.1 Å². The normalized spacial score (nSPS) is 17.6. The fourth-order valence-electron chi connectivity index (χ4n) is 2.97. The van der Waals surface area contributed by atoms with Crippen LogP contribution in [0.1, 0.15) is 35.8 Å². The van der Waals surface area contributed by atoms with E-state index in [9.17, 15) is 4.79 Å². The molecule has 0 aliphatic carbocycles. The zero-order chi connectivity index (χ0) is 17.1. The number of likely N-dealkylation sites (tertiary alicyclic amines) is 1. The van der Waals surface area contributed by atoms with Crippen molar-refractivity contribution in [2.75, 3.05) is 18.4 Å². The van der Waals surface area contributed by atoms with Crippen LogP contribution in [-0.2, 0) is 0 Å². The Morgan fingerprint density at radius 1 is 1.29 bits per heavy atom. The van der Waals surface area contributed by atoms with Crippen molar-refractivity contribution >= 4 is 33.2 Å². The quantitative estimate of drug-likeness (QED) is 0.824. The summed E-state index contributed by atoms with van der Waals surface area (Å²) < 4.78 is 1.06. The average Bonchev–Trinajstić information content (AvgIpc) is 2.58. The first-order valence-electron chi connectivity index (χ1n) is 8.31. The smallest absolute Gasteiger partial charge is 0.272 e. The molecule has 5 heteroatoms. The molecule has 126 valence electrons. The summed E-state index contributed by atoms with van der Waals surface area (Å²) >= 11 is 3.53. The molecule has 1 aromatic heterocycles. The zero-order valence-corrected chi connectivity index (χ0v) is 15.6. The van der Waals surface area contributed by atoms with E-state index >= 15 is 0 Å². The van der Waals surface area contributed by atoms with Gasteiger partial charge in [0.05, 0.1) is 11.9 Å². The Morgan fingerprint density at radius 3 is 2.75 bits per heavy atom. The van der Waals surface area contributed by atoms with Gasteiger partial charge in [0.1, 0.15) is 5.69 Å². The molecule has 0 bridgehead atoms. The van der Waals surface area contributed by atoms with Crippen molar-refractivity contribution in [1.82, 2.24) is 9.88 Å². The van der Waals surface area contributed by atoms with Crippen molar-refractivity contribution in [2.24, 2.45) is 5.92 Å². The van der Waals surface area contributed by atoms with Crippen molar-refractivity contribution < 1.29 is 4.79 Å². The number of hydrogen-bond acceptors (Lipinski definition) is 3. The first-order chi connectivity index (χ1) is 11.5. The monoisotopic (exact) mass is 387 g/mol. The van der Waals surface area contributed by atoms with Crippen LogP contribution in [0.5, 0.6) is 0 Å². The summed E-state index contributed by atoms with van der Waals surface area (Å²) in [4.78, 5) is 18.8. The van der Waals surface area contributed by atoms with E-state index in [1.165, 1.54) is 12.0 Å². The third kappa shape index (κ3) is 3.96. The predicted octanol–water partition coefficient (Wildman–Crippen LogP) is 4.77. The molecule has 1 aromatic carbocycles. The second-order valence-electron chi connectivity index (χ2n) is 6.52. The maximum absolute atomic E-state index is 12.5. The van der Waals surface area contributed by atoms with E-state index in [1.54, 1.807) is 12.3 Å². The number of aromatic nitrogens is 1. The van der Waals surface area contributed by atoms with Crippen molar-refractivity contribution in [2.45, 2.75) is 26.7 Å². The molecule has 1 fully saturated rings. The second kappa shape index (κ2) is 7.34. The van der Waals surface area contributed by atoms with Crippen LogP contribution >= 0.6 is 15.9 Å². The van der Waals surface area contributed by atoms with E-state index in [4.69, 9.17) is 0 Å². The fourth-order valence-corrected chi connectivity index (χ4v) is 3.35. The van der Waals surface area contributed by atoms with Gasteiger partial charge < -0.3 is 10.2 Å². The van der Waals surface area contributed by atoms with Crippen LogP contribution in [-0.4, -0.2) is 28.9 Å². The topological polar surface area (TPSA) is 45.2 Å². The molecule has 2 heterocycles. The van der Waals surface area contributed by atoms with Gasteiger partial charge in [-0.2, -0.15) is 0 Å². The summed E-state index contributed by atoms with van der Waals surface area (Å²) in [5.41, 5.74) is 3.56. The molecule has 4 nitrogen and oxygen atoms in total. The van der Waals surface area contributed by atoms with Crippen LogP contribution in [0.2, 0.25) is 0 Å². The molecule has 1 amide bonds. The average molecular weight is 388 g/mol. The summed E-state index contributed by atoms with van der Waals surface area (Å²) in [6.45, 7) is 5.91. The summed E-state index contributed by atoms with van der Waals surface area (Å²) in [5, 5.41) is 3.31. The highest BCUT2D eigenvalue weighted by Crippen LogP contribution is 2.24. The lowest BCUT2D eigenvalue weighted by Crippen LogP contribution is -2.39. The Bertz CT molecular complexity index is 730. The van der Waals surface area contributed by atoms with Crippen molar-refractivity contribution in [1.29, 1.82) is 0 Å². The van der Waals surface area contributed by atoms with Crippen LogP contribution < -0.4 is 5.32 Å². The number of pyridine rings is 1. The number of hydrogen-bond donors (Lipinski definition) is 1. The summed E-state index contributed by atoms with van der Waals surface area (Å²) in [6.07, 6.45) is 4.00. The Labute approximate surface area is 151 Å². The van der Waals surface area contributed by atoms with Gasteiger partial charge in [-0.25, -0.2) is 4.98 Å². The number of halogens is 1. The molecule has 1 unspecified atom stereocenters. The Balaban J connectivity index is 1.68. The molecule has 0 radical (unpaired) electrons. The van der Waals surface area contributed by atoms with Crippen molar-refractivity contribution in [3.05, 3.63) is 52.3 Å². The number of nitrogens with zero attached hydrogens (tertiary/aromatic N) is 2. The van der Waals surface area contributed by atoms with Gasteiger partial charge in [-0.05, 0) is 55.5 Å². The fraction of sp³-hybridized carbons (Fsp3) is 0.368. The number of piperidine rings is 1. The highest BCUT2D eigenvalue weighted by molar-refractivity contribution is 9.10. The molecular formula is C19H22BrN3O. The molecule has 24 heavy (non-hydrogen) atoms. The molecule has 1 N–H and O–H groups in total. The van der Waals surface area contributed by atoms with Gasteiger partial charge in [-0.3, -0.25) is 4.79 Å². The number of anilines is 2. The minimum Gasteiger partial charge on any atom is -0.354 e. The predicted molar refractivity (Wildman–Crippen MR) is 101 cm³/mol. The lowest BCUT2D eigenvalue weighted by atomic mass is 10.00. The molecule has 1 aliphatic heterocycles. The molecule has 1 saturated heterocycles. The van der Waals surface area contributed by atoms with E-state index in [0.717, 1.165) is 35.4 Å². The third-order valence-electron chi connectivity index (χ3n) is 4.39. The van der Waals surface area contributed by atoms with Gasteiger partial charge in [-0.15, -0.1) is 0 Å². The van der Waals surface area contributed by atoms with Crippen molar-refractivity contribution in [3.63, 3.8) is 0 Å². The lowest BCUT2D eigenvalue weighted by molar-refractivity contribution is 0.0677. The van der Waals surface area contributed by atoms with Crippen LogP contribution in [0.25, 0.3) is 0 Å². The van der Waals surface area contributed by atoms with Crippen LogP contribution in [0.15, 0.2) is 41.0 Å². The molecule has 2 aromatic rings. The third-order valence-corrected chi connectivity index (χ3v) is 5.24. The Morgan fingerprint density at radius 2 is 2.08 bits per heavy atom. The minimum atomic E-state index is 0.0335. The molecular weight excluding hydrogens is 366 g/mol. The molecule has 1 atom stereocenters. The Kier molecular flexibility index (Phi) is 5.19. The number of benzene rings is 1. The number of rotatable bonds is 3. The van der Waals surface area contributed by atoms with Crippen LogP contribution in [0.4, 0.5) is 11.4 Å². The van der Waals surface area contributed by atoms with Gasteiger partial charge >= 0.3 is 0 Å². The zero-order valence-electron chi connectivity index (χ0n) is 14.1. The number of carbonyl (C=O) groups is 1. The van der Waals surface area contributed by atoms with E-state index in [1.807, 2.05) is 23.1 Å². The number of aryl methyl sites for hydroxylation is 1. The van der Waals surface area contributed by atoms with Gasteiger partial charge in [-0.1, -0.05) is 28.9 Å². The van der Waals surface area contributed by atoms with E-state index < -0.39 is 0 Å². The lowest BCUT2D eigenvalue weighted by Gasteiger charge is -2.30. The summed E-state index contributed by atoms with van der Waals surface area (Å²) in [7, 11) is 0. The maximum atomic E-state index is 12.5. The highest BCUT2D eigenvalue weighted by atomic mass is 79.9. The molecule has 3 rings (SSSR count). The van der Waals surface area contributed by atoms with Crippen LogP contribution in [0, 0.1) is 12.8 Å². The first-order valence-corrected chi connectivity index (χ1v) is 9.11. The first kappa shape index (κ1) is 17.0. The van der Waals surface area contributed by atoms with Crippen molar-refractivity contribution in [3.8, 4) is 0 Å².